The second-order valence-electron chi connectivity index (χ2n) is 8.75. The fourth-order valence-corrected chi connectivity index (χ4v) is 4.12. The molecule has 0 saturated carbocycles. The predicted molar refractivity (Wildman–Crippen MR) is 123 cm³/mol. The van der Waals surface area contributed by atoms with Crippen LogP contribution in [0.5, 0.6) is 0 Å². The molecule has 2 aromatic rings. The van der Waals surface area contributed by atoms with Crippen LogP contribution in [-0.2, 0) is 19.1 Å². The molecule has 33 heavy (non-hydrogen) atoms. The summed E-state index contributed by atoms with van der Waals surface area (Å²) < 4.78 is 10.7. The summed E-state index contributed by atoms with van der Waals surface area (Å²) >= 11 is 0. The van der Waals surface area contributed by atoms with Gasteiger partial charge in [-0.25, -0.2) is 9.59 Å². The van der Waals surface area contributed by atoms with Gasteiger partial charge in [-0.2, -0.15) is 0 Å². The molecule has 2 amide bonds. The van der Waals surface area contributed by atoms with Crippen molar-refractivity contribution in [1.82, 2.24) is 10.6 Å². The summed E-state index contributed by atoms with van der Waals surface area (Å²) in [6.07, 6.45) is -0.789. The molecule has 0 radical (unpaired) electrons. The SMILES string of the molecule is COCC(C)(NC(=O)OCC1c2ccccc2-c2ccccc21)C(=O)NC(C(=O)O)C(C)C. The molecule has 8 heteroatoms. The molecule has 0 saturated heterocycles. The summed E-state index contributed by atoms with van der Waals surface area (Å²) in [4.78, 5) is 37.0. The number of fused-ring (bicyclic) bond motifs is 3. The van der Waals surface area contributed by atoms with Gasteiger partial charge in [0.15, 0.2) is 0 Å². The Kier molecular flexibility index (Phi) is 7.38. The van der Waals surface area contributed by atoms with Gasteiger partial charge in [-0.3, -0.25) is 4.79 Å². The number of nitrogens with one attached hydrogen (secondary N) is 2. The first-order chi connectivity index (χ1) is 15.7. The van der Waals surface area contributed by atoms with Crippen molar-refractivity contribution < 1.29 is 29.0 Å². The van der Waals surface area contributed by atoms with Gasteiger partial charge in [0.2, 0.25) is 5.91 Å². The van der Waals surface area contributed by atoms with Crippen LogP contribution in [0.25, 0.3) is 11.1 Å². The van der Waals surface area contributed by atoms with Crippen LogP contribution in [0, 0.1) is 5.92 Å². The average molecular weight is 455 g/mol. The fourth-order valence-electron chi connectivity index (χ4n) is 4.12. The molecule has 0 spiro atoms. The van der Waals surface area contributed by atoms with Crippen molar-refractivity contribution in [2.75, 3.05) is 20.3 Å². The van der Waals surface area contributed by atoms with Gasteiger partial charge in [-0.15, -0.1) is 0 Å². The molecule has 176 valence electrons. The highest BCUT2D eigenvalue weighted by molar-refractivity contribution is 5.92. The van der Waals surface area contributed by atoms with Gasteiger partial charge in [0.1, 0.15) is 18.2 Å². The Labute approximate surface area is 193 Å². The summed E-state index contributed by atoms with van der Waals surface area (Å²) in [6, 6.07) is 14.9. The number of benzene rings is 2. The quantitative estimate of drug-likeness (QED) is 0.536. The third-order valence-corrected chi connectivity index (χ3v) is 5.88. The molecular weight excluding hydrogens is 424 g/mol. The van der Waals surface area contributed by atoms with Crippen LogP contribution >= 0.6 is 0 Å². The zero-order chi connectivity index (χ0) is 24.2. The lowest BCUT2D eigenvalue weighted by Gasteiger charge is -2.30. The van der Waals surface area contributed by atoms with E-state index in [2.05, 4.69) is 10.6 Å². The lowest BCUT2D eigenvalue weighted by molar-refractivity contribution is -0.144. The summed E-state index contributed by atoms with van der Waals surface area (Å²) in [5.74, 6) is -2.28. The normalized spacial score (nSPS) is 15.2. The minimum Gasteiger partial charge on any atom is -0.480 e. The number of carbonyl (C=O) groups excluding carboxylic acids is 2. The zero-order valence-corrected chi connectivity index (χ0v) is 19.3. The molecule has 2 atom stereocenters. The number of amides is 2. The minimum atomic E-state index is -1.51. The number of carboxylic acid groups (broad SMARTS) is 1. The van der Waals surface area contributed by atoms with Crippen LogP contribution in [0.1, 0.15) is 37.8 Å². The second-order valence-corrected chi connectivity index (χ2v) is 8.75. The molecule has 8 nitrogen and oxygen atoms in total. The van der Waals surface area contributed by atoms with Gasteiger partial charge in [0.05, 0.1) is 6.61 Å². The van der Waals surface area contributed by atoms with Crippen LogP contribution in [0.3, 0.4) is 0 Å². The van der Waals surface area contributed by atoms with E-state index in [0.29, 0.717) is 0 Å². The van der Waals surface area contributed by atoms with Crippen molar-refractivity contribution in [1.29, 1.82) is 0 Å². The number of ether oxygens (including phenoxy) is 2. The molecule has 0 aromatic heterocycles. The maximum Gasteiger partial charge on any atom is 0.408 e. The van der Waals surface area contributed by atoms with Crippen molar-refractivity contribution >= 4 is 18.0 Å². The molecule has 0 heterocycles. The van der Waals surface area contributed by atoms with E-state index in [-0.39, 0.29) is 25.0 Å². The number of rotatable bonds is 9. The molecular formula is C25H30N2O6. The molecule has 0 bridgehead atoms. The van der Waals surface area contributed by atoms with E-state index in [9.17, 15) is 19.5 Å². The van der Waals surface area contributed by atoms with E-state index in [1.54, 1.807) is 13.8 Å². The Balaban J connectivity index is 1.71. The fraction of sp³-hybridized carbons (Fsp3) is 0.400. The van der Waals surface area contributed by atoms with Crippen molar-refractivity contribution in [3.05, 3.63) is 59.7 Å². The molecule has 1 aliphatic carbocycles. The average Bonchev–Trinajstić information content (AvgIpc) is 3.09. The Bertz CT molecular complexity index is 992. The van der Waals surface area contributed by atoms with Crippen LogP contribution < -0.4 is 10.6 Å². The first kappa shape index (κ1) is 24.3. The summed E-state index contributed by atoms with van der Waals surface area (Å²) in [5, 5.41) is 14.4. The minimum absolute atomic E-state index is 0.0916. The largest absolute Gasteiger partial charge is 0.480 e. The van der Waals surface area contributed by atoms with E-state index in [1.165, 1.54) is 14.0 Å². The highest BCUT2D eigenvalue weighted by Crippen LogP contribution is 2.44. The molecule has 0 fully saturated rings. The maximum absolute atomic E-state index is 12.9. The predicted octanol–water partition coefficient (Wildman–Crippen LogP) is 3.16. The standard InChI is InChI=1S/C25H30N2O6/c1-15(2)21(22(28)29)26-23(30)25(3,14-32-4)27-24(31)33-13-20-18-11-7-5-9-16(18)17-10-6-8-12-19(17)20/h5-12,15,20-21H,13-14H2,1-4H3,(H,26,30)(H,27,31)(H,28,29). The van der Waals surface area contributed by atoms with E-state index >= 15 is 0 Å². The first-order valence-electron chi connectivity index (χ1n) is 10.8. The van der Waals surface area contributed by atoms with Gasteiger partial charge in [-0.1, -0.05) is 62.4 Å². The van der Waals surface area contributed by atoms with Gasteiger partial charge in [0, 0.05) is 13.0 Å². The topological polar surface area (TPSA) is 114 Å². The molecule has 3 N–H and O–H groups in total. The Morgan fingerprint density at radius 2 is 1.58 bits per heavy atom. The van der Waals surface area contributed by atoms with Crippen LogP contribution in [0.4, 0.5) is 4.79 Å². The van der Waals surface area contributed by atoms with Crippen LogP contribution in [0.15, 0.2) is 48.5 Å². The maximum atomic E-state index is 12.9. The number of alkyl carbamates (subject to hydrolysis) is 1. The summed E-state index contributed by atoms with van der Waals surface area (Å²) in [6.45, 7) is 4.77. The van der Waals surface area contributed by atoms with Crippen molar-refractivity contribution in [3.8, 4) is 11.1 Å². The molecule has 2 aromatic carbocycles. The lowest BCUT2D eigenvalue weighted by Crippen LogP contribution is -2.62. The van der Waals surface area contributed by atoms with Crippen molar-refractivity contribution in [3.63, 3.8) is 0 Å². The van der Waals surface area contributed by atoms with Crippen molar-refractivity contribution in [2.24, 2.45) is 5.92 Å². The number of aliphatic carboxylic acids is 1. The Morgan fingerprint density at radius 1 is 1.03 bits per heavy atom. The lowest BCUT2D eigenvalue weighted by atomic mass is 9.98. The van der Waals surface area contributed by atoms with Crippen LogP contribution in [0.2, 0.25) is 0 Å². The number of methoxy groups -OCH3 is 1. The Hall–Kier alpha value is -3.39. The monoisotopic (exact) mass is 454 g/mol. The molecule has 0 aliphatic heterocycles. The Morgan fingerprint density at radius 3 is 2.06 bits per heavy atom. The van der Waals surface area contributed by atoms with E-state index in [1.807, 2.05) is 48.5 Å². The third-order valence-electron chi connectivity index (χ3n) is 5.88. The smallest absolute Gasteiger partial charge is 0.408 e. The molecule has 2 unspecified atom stereocenters. The summed E-state index contributed by atoms with van der Waals surface area (Å²) in [5.41, 5.74) is 2.85. The highest BCUT2D eigenvalue weighted by atomic mass is 16.5. The van der Waals surface area contributed by atoms with Gasteiger partial charge in [0.25, 0.3) is 0 Å². The van der Waals surface area contributed by atoms with E-state index in [0.717, 1.165) is 22.3 Å². The zero-order valence-electron chi connectivity index (χ0n) is 19.3. The number of hydrogen-bond donors (Lipinski definition) is 3. The second kappa shape index (κ2) is 10.0. The number of carboxylic acids is 1. The highest BCUT2D eigenvalue weighted by Gasteiger charge is 2.39. The van der Waals surface area contributed by atoms with Crippen LogP contribution in [-0.4, -0.2) is 55.0 Å². The van der Waals surface area contributed by atoms with Gasteiger partial charge in [-0.05, 0) is 35.1 Å². The number of hydrogen-bond acceptors (Lipinski definition) is 5. The number of carbonyl (C=O) groups is 3. The molecule has 3 rings (SSSR count). The first-order valence-corrected chi connectivity index (χ1v) is 10.8. The van der Waals surface area contributed by atoms with Gasteiger partial charge < -0.3 is 25.2 Å². The van der Waals surface area contributed by atoms with E-state index < -0.39 is 29.6 Å². The third kappa shape index (κ3) is 5.17. The van der Waals surface area contributed by atoms with Crippen molar-refractivity contribution in [2.45, 2.75) is 38.3 Å². The molecule has 1 aliphatic rings. The van der Waals surface area contributed by atoms with E-state index in [4.69, 9.17) is 9.47 Å². The van der Waals surface area contributed by atoms with Gasteiger partial charge >= 0.3 is 12.1 Å². The summed E-state index contributed by atoms with van der Waals surface area (Å²) in [7, 11) is 1.39.